The Morgan fingerprint density at radius 3 is 2.29 bits per heavy atom. The standard InChI is InChI=1S/C21H15NO6/c1-12-10-13(27-11-14-7-9-18(28-14)21(25)26)6-8-17(12)22-19(23)15-4-2-3-5-16(15)20(22)24/h2-10H,11H2,1H3,(H,25,26). The lowest BCUT2D eigenvalue weighted by Gasteiger charge is -2.17. The van der Waals surface area contributed by atoms with Gasteiger partial charge in [-0.15, -0.1) is 0 Å². The minimum atomic E-state index is -1.15. The third-order valence-electron chi connectivity index (χ3n) is 4.46. The highest BCUT2D eigenvalue weighted by Gasteiger charge is 2.36. The summed E-state index contributed by atoms with van der Waals surface area (Å²) in [6.45, 7) is 1.83. The van der Waals surface area contributed by atoms with Crippen LogP contribution < -0.4 is 9.64 Å². The van der Waals surface area contributed by atoms with Gasteiger partial charge >= 0.3 is 5.97 Å². The molecular formula is C21H15NO6. The first kappa shape index (κ1) is 17.5. The number of aryl methyl sites for hydroxylation is 1. The van der Waals surface area contributed by atoms with E-state index in [1.807, 2.05) is 0 Å². The van der Waals surface area contributed by atoms with Crippen molar-refractivity contribution in [1.82, 2.24) is 0 Å². The molecule has 2 aromatic carbocycles. The molecule has 7 heteroatoms. The van der Waals surface area contributed by atoms with Crippen molar-refractivity contribution >= 4 is 23.5 Å². The lowest BCUT2D eigenvalue weighted by atomic mass is 10.1. The molecule has 0 saturated heterocycles. The van der Waals surface area contributed by atoms with E-state index < -0.39 is 5.97 Å². The number of carboxylic acid groups (broad SMARTS) is 1. The summed E-state index contributed by atoms with van der Waals surface area (Å²) in [5, 5.41) is 8.87. The normalized spacial score (nSPS) is 13.0. The smallest absolute Gasteiger partial charge is 0.371 e. The first-order valence-corrected chi connectivity index (χ1v) is 8.49. The largest absolute Gasteiger partial charge is 0.486 e. The third-order valence-corrected chi connectivity index (χ3v) is 4.46. The number of benzene rings is 2. The second-order valence-electron chi connectivity index (χ2n) is 6.30. The lowest BCUT2D eigenvalue weighted by Crippen LogP contribution is -2.30. The minimum Gasteiger partial charge on any atom is -0.486 e. The number of nitrogens with zero attached hydrogens (tertiary/aromatic N) is 1. The van der Waals surface area contributed by atoms with Gasteiger partial charge in [-0.3, -0.25) is 9.59 Å². The van der Waals surface area contributed by atoms with E-state index in [2.05, 4.69) is 0 Å². The fraction of sp³-hybridized carbons (Fsp3) is 0.0952. The highest BCUT2D eigenvalue weighted by Crippen LogP contribution is 2.32. The Kier molecular flexibility index (Phi) is 4.19. The van der Waals surface area contributed by atoms with Crippen LogP contribution in [0.3, 0.4) is 0 Å². The highest BCUT2D eigenvalue weighted by atomic mass is 16.5. The van der Waals surface area contributed by atoms with E-state index in [-0.39, 0.29) is 24.2 Å². The van der Waals surface area contributed by atoms with E-state index in [9.17, 15) is 14.4 Å². The van der Waals surface area contributed by atoms with Crippen LogP contribution in [-0.2, 0) is 6.61 Å². The maximum absolute atomic E-state index is 12.6. The molecule has 0 radical (unpaired) electrons. The maximum atomic E-state index is 12.6. The van der Waals surface area contributed by atoms with Crippen molar-refractivity contribution < 1.29 is 28.6 Å². The molecule has 1 N–H and O–H groups in total. The summed E-state index contributed by atoms with van der Waals surface area (Å²) in [6, 6.07) is 14.6. The Morgan fingerprint density at radius 2 is 1.71 bits per heavy atom. The first-order chi connectivity index (χ1) is 13.5. The number of carbonyl (C=O) groups excluding carboxylic acids is 2. The molecule has 7 nitrogen and oxygen atoms in total. The zero-order chi connectivity index (χ0) is 19.8. The lowest BCUT2D eigenvalue weighted by molar-refractivity contribution is 0.0657. The topological polar surface area (TPSA) is 97.1 Å². The fourth-order valence-electron chi connectivity index (χ4n) is 3.10. The van der Waals surface area contributed by atoms with E-state index in [0.29, 0.717) is 33.9 Å². The molecule has 0 spiro atoms. The van der Waals surface area contributed by atoms with Crippen LogP contribution in [0.5, 0.6) is 5.75 Å². The molecule has 4 rings (SSSR count). The number of hydrogen-bond acceptors (Lipinski definition) is 5. The van der Waals surface area contributed by atoms with Crippen molar-refractivity contribution in [3.8, 4) is 5.75 Å². The molecule has 0 aliphatic carbocycles. The van der Waals surface area contributed by atoms with Crippen molar-refractivity contribution in [2.45, 2.75) is 13.5 Å². The molecular weight excluding hydrogens is 362 g/mol. The molecule has 1 aromatic heterocycles. The number of carbonyl (C=O) groups is 3. The Hall–Kier alpha value is -3.87. The van der Waals surface area contributed by atoms with E-state index >= 15 is 0 Å². The second-order valence-corrected chi connectivity index (χ2v) is 6.30. The number of hydrogen-bond donors (Lipinski definition) is 1. The fourth-order valence-corrected chi connectivity index (χ4v) is 3.10. The quantitative estimate of drug-likeness (QED) is 0.682. The zero-order valence-corrected chi connectivity index (χ0v) is 14.8. The van der Waals surface area contributed by atoms with Gasteiger partial charge in [0.2, 0.25) is 5.76 Å². The van der Waals surface area contributed by atoms with Gasteiger partial charge in [0.25, 0.3) is 11.8 Å². The van der Waals surface area contributed by atoms with E-state index in [4.69, 9.17) is 14.3 Å². The molecule has 0 atom stereocenters. The molecule has 140 valence electrons. The number of imide groups is 1. The predicted molar refractivity (Wildman–Crippen MR) is 98.8 cm³/mol. The Balaban J connectivity index is 1.53. The van der Waals surface area contributed by atoms with E-state index in [0.717, 1.165) is 4.90 Å². The summed E-state index contributed by atoms with van der Waals surface area (Å²) in [4.78, 5) is 37.3. The van der Waals surface area contributed by atoms with E-state index in [1.165, 1.54) is 12.1 Å². The summed E-state index contributed by atoms with van der Waals surface area (Å²) in [5.41, 5.74) is 1.96. The number of amides is 2. The molecule has 0 fully saturated rings. The summed E-state index contributed by atoms with van der Waals surface area (Å²) in [6.07, 6.45) is 0. The number of rotatable bonds is 5. The molecule has 1 aliphatic heterocycles. The van der Waals surface area contributed by atoms with Crippen LogP contribution in [0, 0.1) is 6.92 Å². The number of carboxylic acids is 1. The van der Waals surface area contributed by atoms with Gasteiger partial charge in [0, 0.05) is 0 Å². The summed E-state index contributed by atoms with van der Waals surface area (Å²) in [5.74, 6) is -1.13. The van der Waals surface area contributed by atoms with Gasteiger partial charge in [0.1, 0.15) is 18.1 Å². The SMILES string of the molecule is Cc1cc(OCc2ccc(C(=O)O)o2)ccc1N1C(=O)c2ccccc2C1=O. The molecule has 1 aliphatic rings. The van der Waals surface area contributed by atoms with Crippen molar-refractivity contribution in [3.63, 3.8) is 0 Å². The van der Waals surface area contributed by atoms with Gasteiger partial charge in [0.15, 0.2) is 0 Å². The van der Waals surface area contributed by atoms with Crippen molar-refractivity contribution in [1.29, 1.82) is 0 Å². The molecule has 0 unspecified atom stereocenters. The summed E-state index contributed by atoms with van der Waals surface area (Å²) >= 11 is 0. The van der Waals surface area contributed by atoms with Crippen LogP contribution in [-0.4, -0.2) is 22.9 Å². The molecule has 2 amide bonds. The minimum absolute atomic E-state index is 0.0546. The highest BCUT2D eigenvalue weighted by molar-refractivity contribution is 6.34. The van der Waals surface area contributed by atoms with Crippen molar-refractivity contribution in [2.75, 3.05) is 4.90 Å². The van der Waals surface area contributed by atoms with Gasteiger partial charge < -0.3 is 14.3 Å². The van der Waals surface area contributed by atoms with Crippen LogP contribution in [0.25, 0.3) is 0 Å². The predicted octanol–water partition coefficient (Wildman–Crippen LogP) is 3.67. The monoisotopic (exact) mass is 377 g/mol. The molecule has 28 heavy (non-hydrogen) atoms. The number of furan rings is 1. The average molecular weight is 377 g/mol. The van der Waals surface area contributed by atoms with Crippen LogP contribution >= 0.6 is 0 Å². The van der Waals surface area contributed by atoms with Gasteiger partial charge in [-0.2, -0.15) is 0 Å². The number of anilines is 1. The third kappa shape index (κ3) is 2.92. The summed E-state index contributed by atoms with van der Waals surface area (Å²) in [7, 11) is 0. The van der Waals surface area contributed by atoms with Crippen LogP contribution in [0.1, 0.15) is 42.6 Å². The number of aromatic carboxylic acids is 1. The molecule has 2 heterocycles. The molecule has 0 bridgehead atoms. The summed E-state index contributed by atoms with van der Waals surface area (Å²) < 4.78 is 10.8. The Bertz CT molecular complexity index is 1080. The maximum Gasteiger partial charge on any atom is 0.371 e. The Labute approximate surface area is 159 Å². The van der Waals surface area contributed by atoms with Crippen LogP contribution in [0.4, 0.5) is 5.69 Å². The van der Waals surface area contributed by atoms with Crippen LogP contribution in [0.15, 0.2) is 59.0 Å². The van der Waals surface area contributed by atoms with Gasteiger partial charge in [-0.1, -0.05) is 12.1 Å². The van der Waals surface area contributed by atoms with E-state index in [1.54, 1.807) is 49.4 Å². The number of ether oxygens (including phenoxy) is 1. The average Bonchev–Trinajstić information content (AvgIpc) is 3.25. The van der Waals surface area contributed by atoms with Crippen molar-refractivity contribution in [3.05, 3.63) is 82.8 Å². The second kappa shape index (κ2) is 6.70. The van der Waals surface area contributed by atoms with Gasteiger partial charge in [-0.25, -0.2) is 9.69 Å². The van der Waals surface area contributed by atoms with Crippen LogP contribution in [0.2, 0.25) is 0 Å². The molecule has 0 saturated carbocycles. The van der Waals surface area contributed by atoms with Crippen molar-refractivity contribution in [2.24, 2.45) is 0 Å². The van der Waals surface area contributed by atoms with Gasteiger partial charge in [0.05, 0.1) is 16.8 Å². The first-order valence-electron chi connectivity index (χ1n) is 8.49. The Morgan fingerprint density at radius 1 is 1.04 bits per heavy atom. The zero-order valence-electron chi connectivity index (χ0n) is 14.8. The molecule has 3 aromatic rings. The van der Waals surface area contributed by atoms with Gasteiger partial charge in [-0.05, 0) is 55.0 Å². The number of fused-ring (bicyclic) bond motifs is 1.